The summed E-state index contributed by atoms with van der Waals surface area (Å²) >= 11 is 7.10. The van der Waals surface area contributed by atoms with E-state index in [2.05, 4.69) is 36.8 Å². The van der Waals surface area contributed by atoms with Crippen molar-refractivity contribution in [2.75, 3.05) is 26.2 Å². The van der Waals surface area contributed by atoms with Crippen LogP contribution in [-0.4, -0.2) is 61.7 Å². The zero-order valence-corrected chi connectivity index (χ0v) is 34.1. The lowest BCUT2D eigenvalue weighted by atomic mass is 9.56. The van der Waals surface area contributed by atoms with Crippen molar-refractivity contribution in [3.05, 3.63) is 112 Å². The number of halogens is 2. The second kappa shape index (κ2) is 13.7. The Labute approximate surface area is 335 Å². The number of aromatic hydroxyl groups is 1. The average molecular weight is 893 g/mol. The largest absolute Gasteiger partial charge is 0.503 e. The monoisotopic (exact) mass is 890 g/mol. The number of ether oxygens (including phenoxy) is 3. The quantitative estimate of drug-likeness (QED) is 0.174. The van der Waals surface area contributed by atoms with Crippen molar-refractivity contribution < 1.29 is 28.9 Å². The third-order valence-electron chi connectivity index (χ3n) is 11.6. The number of hydrogen-bond donors (Lipinski definition) is 1. The fourth-order valence-corrected chi connectivity index (χ4v) is 9.71. The third-order valence-corrected chi connectivity index (χ3v) is 13.7. The lowest BCUT2D eigenvalue weighted by molar-refractivity contribution is -0.129. The highest BCUT2D eigenvalue weighted by molar-refractivity contribution is 9.13. The first-order valence-electron chi connectivity index (χ1n) is 17.7. The molecule has 15 nitrogen and oxygen atoms in total. The zero-order chi connectivity index (χ0) is 40.0. The number of benzene rings is 3. The molecule has 1 N–H and O–H groups in total. The lowest BCUT2D eigenvalue weighted by Crippen LogP contribution is -2.49. The van der Waals surface area contributed by atoms with Gasteiger partial charge in [-0.2, -0.15) is 0 Å². The van der Waals surface area contributed by atoms with Crippen molar-refractivity contribution in [1.82, 2.24) is 23.5 Å². The van der Waals surface area contributed by atoms with Gasteiger partial charge in [-0.05, 0) is 74.5 Å². The minimum absolute atomic E-state index is 0.000312. The van der Waals surface area contributed by atoms with Gasteiger partial charge in [0.2, 0.25) is 11.8 Å². The number of phenols is 1. The summed E-state index contributed by atoms with van der Waals surface area (Å²) in [4.78, 5) is 77.0. The fourth-order valence-electron chi connectivity index (χ4n) is 8.75. The molecule has 56 heavy (non-hydrogen) atoms. The van der Waals surface area contributed by atoms with Crippen LogP contribution in [0.2, 0.25) is 0 Å². The molecule has 2 aromatic heterocycles. The molecule has 3 aliphatic rings. The Hall–Kier alpha value is -5.42. The molecule has 1 saturated heterocycles. The molecule has 290 valence electrons. The van der Waals surface area contributed by atoms with E-state index in [0.717, 1.165) is 4.57 Å². The summed E-state index contributed by atoms with van der Waals surface area (Å²) in [6.45, 7) is 1.62. The van der Waals surface area contributed by atoms with E-state index in [-0.39, 0.29) is 47.6 Å². The molecule has 17 heteroatoms. The predicted octanol–water partition coefficient (Wildman–Crippen LogP) is 4.42. The van der Waals surface area contributed by atoms with Crippen LogP contribution >= 0.6 is 31.9 Å². The highest BCUT2D eigenvalue weighted by atomic mass is 79.9. The molecule has 4 atom stereocenters. The third kappa shape index (κ3) is 5.26. The van der Waals surface area contributed by atoms with Crippen LogP contribution in [-0.2, 0) is 36.1 Å². The number of allylic oxidation sites excluding steroid dienone is 2. The molecule has 1 aliphatic carbocycles. The lowest BCUT2D eigenvalue weighted by Gasteiger charge is -2.47. The highest BCUT2D eigenvalue weighted by Gasteiger charge is 2.65. The first-order valence-corrected chi connectivity index (χ1v) is 19.3. The average Bonchev–Trinajstić information content (AvgIpc) is 3.56. The normalized spacial score (nSPS) is 21.4. The van der Waals surface area contributed by atoms with Crippen molar-refractivity contribution in [3.8, 4) is 23.0 Å². The molecular formula is C39H36Br2N6O9. The van der Waals surface area contributed by atoms with Gasteiger partial charge >= 0.3 is 11.4 Å². The van der Waals surface area contributed by atoms with Gasteiger partial charge in [-0.15, -0.1) is 0 Å². The summed E-state index contributed by atoms with van der Waals surface area (Å²) in [6.07, 6.45) is 1.87. The van der Waals surface area contributed by atoms with Crippen molar-refractivity contribution in [1.29, 1.82) is 0 Å². The first-order chi connectivity index (χ1) is 26.8. The number of hydrogen-bond acceptors (Lipinski definition) is 10. The Morgan fingerprint density at radius 2 is 1.59 bits per heavy atom. The molecule has 1 saturated carbocycles. The topological polar surface area (TPSA) is 169 Å². The highest BCUT2D eigenvalue weighted by Crippen LogP contribution is 2.63. The Bertz CT molecular complexity index is 2720. The number of nitrogens with zero attached hydrogens (tertiary/aromatic N) is 6. The van der Waals surface area contributed by atoms with E-state index in [1.54, 1.807) is 62.5 Å². The molecule has 0 bridgehead atoms. The fraction of sp³-hybridized carbons (Fsp3) is 0.333. The van der Waals surface area contributed by atoms with Crippen molar-refractivity contribution >= 4 is 60.4 Å². The minimum atomic E-state index is -1.34. The van der Waals surface area contributed by atoms with Gasteiger partial charge in [0.1, 0.15) is 5.69 Å². The van der Waals surface area contributed by atoms with Crippen LogP contribution < -0.4 is 36.0 Å². The molecule has 2 fully saturated rings. The summed E-state index contributed by atoms with van der Waals surface area (Å²) in [6, 6.07) is 12.8. The maximum absolute atomic E-state index is 14.7. The van der Waals surface area contributed by atoms with Gasteiger partial charge in [0, 0.05) is 42.5 Å². The minimum Gasteiger partial charge on any atom is -0.503 e. The SMILES string of the molecule is COc1cc2nc(CCn3c(=O)n4n(c3=O)[C@@H]3C[C@H]5C(=O)N(c6ccccc6)C(=O)[C@@]5(C)[C@@H](c5cc(OC)c(O)c(Br)c5Br)C3=CC4)c(=O)n(C)c2cc1OC. The van der Waals surface area contributed by atoms with E-state index in [1.807, 2.05) is 6.08 Å². The molecule has 0 unspecified atom stereocenters. The number of amides is 2. The van der Waals surface area contributed by atoms with E-state index in [9.17, 15) is 29.1 Å². The number of aryl methyl sites for hydroxylation is 2. The van der Waals surface area contributed by atoms with E-state index < -0.39 is 52.0 Å². The second-order valence-corrected chi connectivity index (χ2v) is 15.8. The van der Waals surface area contributed by atoms with E-state index >= 15 is 0 Å². The molecule has 2 aliphatic heterocycles. The maximum atomic E-state index is 14.7. The Morgan fingerprint density at radius 3 is 2.27 bits per heavy atom. The van der Waals surface area contributed by atoms with Gasteiger partial charge in [-0.25, -0.2) is 33.4 Å². The molecular weight excluding hydrogens is 856 g/mol. The maximum Gasteiger partial charge on any atom is 0.347 e. The van der Waals surface area contributed by atoms with Gasteiger partial charge < -0.3 is 23.9 Å². The van der Waals surface area contributed by atoms with Gasteiger partial charge in [0.15, 0.2) is 23.0 Å². The number of rotatable bonds is 8. The first kappa shape index (κ1) is 37.5. The number of carbonyl (C=O) groups is 2. The zero-order valence-electron chi connectivity index (χ0n) is 30.9. The number of phenolic OH excluding ortho intramolecular Hbond substituents is 1. The van der Waals surface area contributed by atoms with Crippen LogP contribution in [0.4, 0.5) is 5.69 Å². The number of carbonyl (C=O) groups excluding carboxylic acids is 2. The summed E-state index contributed by atoms with van der Waals surface area (Å²) in [5.74, 6) is -1.72. The standard InChI is InChI=1S/C39H36Br2N6O9/c1-39-22(34(49)46(36(39)51)19-9-7-6-8-10-19)16-25-20(30(39)21-15-29(56-5)33(48)32(41)31(21)40)11-14-45-37(52)44(38(53)47(25)45)13-12-23-35(50)43(2)26-18-28(55-4)27(54-3)17-24(26)42-23/h6-11,15,17-18,22,25,30,48H,12-14,16H2,1-5H3/t22-,25+,30+,39+/m0/s1. The van der Waals surface area contributed by atoms with Gasteiger partial charge in [-0.1, -0.05) is 24.3 Å². The van der Waals surface area contributed by atoms with E-state index in [4.69, 9.17) is 14.2 Å². The molecule has 8 rings (SSSR count). The van der Waals surface area contributed by atoms with Gasteiger partial charge in [-0.3, -0.25) is 14.4 Å². The van der Waals surface area contributed by atoms with Crippen LogP contribution in [0.25, 0.3) is 11.0 Å². The smallest absolute Gasteiger partial charge is 0.347 e. The molecule has 0 radical (unpaired) electrons. The van der Waals surface area contributed by atoms with Crippen LogP contribution in [0.3, 0.4) is 0 Å². The summed E-state index contributed by atoms with van der Waals surface area (Å²) in [5, 5.41) is 10.9. The van der Waals surface area contributed by atoms with E-state index in [1.165, 1.54) is 40.2 Å². The Morgan fingerprint density at radius 1 is 0.911 bits per heavy atom. The number of fused-ring (bicyclic) bond motifs is 5. The van der Waals surface area contributed by atoms with Crippen molar-refractivity contribution in [2.45, 2.75) is 44.8 Å². The summed E-state index contributed by atoms with van der Waals surface area (Å²) in [5.41, 5.74) is -0.204. The predicted molar refractivity (Wildman–Crippen MR) is 212 cm³/mol. The number of methoxy groups -OCH3 is 3. The second-order valence-electron chi connectivity index (χ2n) is 14.2. The Balaban J connectivity index is 1.24. The Kier molecular flexibility index (Phi) is 9.14. The molecule has 2 amide bonds. The number of aromatic nitrogens is 5. The van der Waals surface area contributed by atoms with Crippen LogP contribution in [0.15, 0.2) is 83.5 Å². The van der Waals surface area contributed by atoms with Crippen LogP contribution in [0.1, 0.15) is 36.6 Å². The van der Waals surface area contributed by atoms with Crippen molar-refractivity contribution in [2.24, 2.45) is 18.4 Å². The number of imide groups is 1. The van der Waals surface area contributed by atoms with Crippen LogP contribution in [0.5, 0.6) is 23.0 Å². The molecule has 3 aromatic carbocycles. The van der Waals surface area contributed by atoms with Gasteiger partial charge in [0.25, 0.3) is 5.56 Å². The van der Waals surface area contributed by atoms with Gasteiger partial charge in [0.05, 0.1) is 66.4 Å². The summed E-state index contributed by atoms with van der Waals surface area (Å²) < 4.78 is 22.3. The van der Waals surface area contributed by atoms with Crippen LogP contribution in [0, 0.1) is 11.3 Å². The molecule has 5 aromatic rings. The van der Waals surface area contributed by atoms with E-state index in [0.29, 0.717) is 43.8 Å². The summed E-state index contributed by atoms with van der Waals surface area (Å²) in [7, 11) is 6.01. The number of anilines is 1. The molecule has 4 heterocycles. The molecule has 0 spiro atoms. The van der Waals surface area contributed by atoms with Crippen molar-refractivity contribution in [3.63, 3.8) is 0 Å². The number of para-hydroxylation sites is 1.